The molecule has 0 spiro atoms. The highest BCUT2D eigenvalue weighted by Gasteiger charge is 2.13. The number of hydrogen-bond acceptors (Lipinski definition) is 5. The zero-order valence-corrected chi connectivity index (χ0v) is 12.7. The molecule has 2 aromatic rings. The highest BCUT2D eigenvalue weighted by Crippen LogP contribution is 2.21. The van der Waals surface area contributed by atoms with Gasteiger partial charge < -0.3 is 9.84 Å². The summed E-state index contributed by atoms with van der Waals surface area (Å²) in [6.45, 7) is 6.16. The number of carbonyl (C=O) groups is 1. The van der Waals surface area contributed by atoms with Crippen LogP contribution in [0.15, 0.2) is 22.0 Å². The molecule has 0 saturated heterocycles. The molecule has 108 valence electrons. The quantitative estimate of drug-likeness (QED) is 0.889. The number of aromatic nitrogens is 2. The lowest BCUT2D eigenvalue weighted by atomic mass is 10.1. The van der Waals surface area contributed by atoms with Gasteiger partial charge in [-0.2, -0.15) is 4.98 Å². The van der Waals surface area contributed by atoms with Gasteiger partial charge in [0.1, 0.15) is 0 Å². The molecule has 0 aliphatic heterocycles. The molecule has 6 heteroatoms. The highest BCUT2D eigenvalue weighted by molar-refractivity contribution is 7.13. The van der Waals surface area contributed by atoms with Crippen molar-refractivity contribution in [3.63, 3.8) is 0 Å². The van der Waals surface area contributed by atoms with E-state index in [0.717, 1.165) is 4.88 Å². The predicted molar refractivity (Wildman–Crippen MR) is 78.4 cm³/mol. The van der Waals surface area contributed by atoms with Gasteiger partial charge in [0.15, 0.2) is 0 Å². The Balaban J connectivity index is 1.84. The molecular weight excluding hydrogens is 274 g/mol. The summed E-state index contributed by atoms with van der Waals surface area (Å²) >= 11 is 1.56. The van der Waals surface area contributed by atoms with E-state index < -0.39 is 0 Å². The summed E-state index contributed by atoms with van der Waals surface area (Å²) in [5.74, 6) is 1.53. The van der Waals surface area contributed by atoms with Crippen LogP contribution >= 0.6 is 11.3 Å². The van der Waals surface area contributed by atoms with Crippen LogP contribution in [0.2, 0.25) is 0 Å². The van der Waals surface area contributed by atoms with E-state index in [9.17, 15) is 4.79 Å². The minimum Gasteiger partial charge on any atom is -0.353 e. The van der Waals surface area contributed by atoms with Crippen LogP contribution < -0.4 is 5.32 Å². The van der Waals surface area contributed by atoms with Gasteiger partial charge in [0.05, 0.1) is 4.88 Å². The van der Waals surface area contributed by atoms with Gasteiger partial charge in [0.25, 0.3) is 0 Å². The molecule has 0 aliphatic rings. The molecule has 0 saturated carbocycles. The Bertz CT molecular complexity index is 549. The summed E-state index contributed by atoms with van der Waals surface area (Å²) in [7, 11) is 0. The predicted octanol–water partition coefficient (Wildman–Crippen LogP) is 2.89. The van der Waals surface area contributed by atoms with Crippen molar-refractivity contribution in [1.29, 1.82) is 0 Å². The molecule has 2 heterocycles. The maximum atomic E-state index is 11.8. The van der Waals surface area contributed by atoms with Gasteiger partial charge in [-0.3, -0.25) is 4.79 Å². The van der Waals surface area contributed by atoms with Gasteiger partial charge in [-0.1, -0.05) is 25.1 Å². The summed E-state index contributed by atoms with van der Waals surface area (Å²) in [5.41, 5.74) is 0. The van der Waals surface area contributed by atoms with Gasteiger partial charge in [-0.25, -0.2) is 0 Å². The molecule has 1 atom stereocenters. The Morgan fingerprint density at radius 2 is 2.25 bits per heavy atom. The van der Waals surface area contributed by atoms with Crippen LogP contribution in [0.25, 0.3) is 10.7 Å². The average Bonchev–Trinajstić information content (AvgIpc) is 3.07. The molecule has 0 bridgehead atoms. The smallest absolute Gasteiger partial charge is 0.227 e. The number of aryl methyl sites for hydroxylation is 1. The first-order valence-corrected chi connectivity index (χ1v) is 7.60. The molecule has 0 radical (unpaired) electrons. The normalized spacial score (nSPS) is 12.6. The monoisotopic (exact) mass is 293 g/mol. The van der Waals surface area contributed by atoms with Crippen molar-refractivity contribution in [3.8, 4) is 10.7 Å². The van der Waals surface area contributed by atoms with Crippen molar-refractivity contribution in [2.75, 3.05) is 0 Å². The van der Waals surface area contributed by atoms with Gasteiger partial charge >= 0.3 is 0 Å². The number of rotatable bonds is 6. The molecule has 20 heavy (non-hydrogen) atoms. The minimum atomic E-state index is 0.0158. The van der Waals surface area contributed by atoms with Crippen molar-refractivity contribution in [2.24, 2.45) is 5.92 Å². The number of nitrogens with one attached hydrogen (secondary N) is 1. The lowest BCUT2D eigenvalue weighted by Gasteiger charge is -2.16. The standard InChI is InChI=1S/C14H19N3O2S/c1-9(2)10(3)15-12(18)6-7-13-16-14(17-19-13)11-5-4-8-20-11/h4-5,8-10H,6-7H2,1-3H3,(H,15,18). The topological polar surface area (TPSA) is 68.0 Å². The maximum absolute atomic E-state index is 11.8. The van der Waals surface area contributed by atoms with Gasteiger partial charge in [0.2, 0.25) is 17.6 Å². The van der Waals surface area contributed by atoms with Gasteiger partial charge in [0, 0.05) is 18.9 Å². The zero-order chi connectivity index (χ0) is 14.5. The van der Waals surface area contributed by atoms with Crippen LogP contribution in [0, 0.1) is 5.92 Å². The second-order valence-electron chi connectivity index (χ2n) is 5.09. The Labute approximate surface area is 122 Å². The molecule has 5 nitrogen and oxygen atoms in total. The molecular formula is C14H19N3O2S. The molecule has 1 amide bonds. The Morgan fingerprint density at radius 1 is 1.45 bits per heavy atom. The van der Waals surface area contributed by atoms with Crippen molar-refractivity contribution in [1.82, 2.24) is 15.5 Å². The van der Waals surface area contributed by atoms with E-state index in [0.29, 0.717) is 30.5 Å². The van der Waals surface area contributed by atoms with Crippen LogP contribution in [0.3, 0.4) is 0 Å². The first-order valence-electron chi connectivity index (χ1n) is 6.72. The molecule has 2 rings (SSSR count). The SMILES string of the molecule is CC(C)C(C)NC(=O)CCc1nc(-c2cccs2)no1. The van der Waals surface area contributed by atoms with E-state index in [2.05, 4.69) is 29.3 Å². The lowest BCUT2D eigenvalue weighted by Crippen LogP contribution is -2.36. The lowest BCUT2D eigenvalue weighted by molar-refractivity contribution is -0.122. The summed E-state index contributed by atoms with van der Waals surface area (Å²) in [4.78, 5) is 17.0. The van der Waals surface area contributed by atoms with Crippen LogP contribution in [-0.4, -0.2) is 22.1 Å². The number of thiophene rings is 1. The van der Waals surface area contributed by atoms with E-state index >= 15 is 0 Å². The van der Waals surface area contributed by atoms with Crippen LogP contribution in [0.4, 0.5) is 0 Å². The Kier molecular flexibility index (Phi) is 4.89. The average molecular weight is 293 g/mol. The van der Waals surface area contributed by atoms with Gasteiger partial charge in [-0.05, 0) is 24.3 Å². The number of carbonyl (C=O) groups excluding carboxylic acids is 1. The fourth-order valence-electron chi connectivity index (χ4n) is 1.58. The summed E-state index contributed by atoms with van der Waals surface area (Å²) < 4.78 is 5.16. The molecule has 1 unspecified atom stereocenters. The third kappa shape index (κ3) is 3.90. The van der Waals surface area contributed by atoms with Crippen molar-refractivity contribution < 1.29 is 9.32 Å². The molecule has 2 aromatic heterocycles. The van der Waals surface area contributed by atoms with Gasteiger partial charge in [-0.15, -0.1) is 11.3 Å². The van der Waals surface area contributed by atoms with Crippen LogP contribution in [0.5, 0.6) is 0 Å². The Morgan fingerprint density at radius 3 is 2.90 bits per heavy atom. The second-order valence-corrected chi connectivity index (χ2v) is 6.04. The van der Waals surface area contributed by atoms with Crippen molar-refractivity contribution in [2.45, 2.75) is 39.7 Å². The fraction of sp³-hybridized carbons (Fsp3) is 0.500. The van der Waals surface area contributed by atoms with Crippen LogP contribution in [-0.2, 0) is 11.2 Å². The van der Waals surface area contributed by atoms with E-state index in [1.165, 1.54) is 0 Å². The minimum absolute atomic E-state index is 0.0158. The Hall–Kier alpha value is -1.69. The molecule has 0 aromatic carbocycles. The maximum Gasteiger partial charge on any atom is 0.227 e. The third-order valence-electron chi connectivity index (χ3n) is 3.16. The van der Waals surface area contributed by atoms with Crippen molar-refractivity contribution in [3.05, 3.63) is 23.4 Å². The first-order chi connectivity index (χ1) is 9.56. The summed E-state index contributed by atoms with van der Waals surface area (Å²) in [6, 6.07) is 4.06. The van der Waals surface area contributed by atoms with E-state index in [4.69, 9.17) is 4.52 Å². The van der Waals surface area contributed by atoms with E-state index in [1.54, 1.807) is 11.3 Å². The molecule has 1 N–H and O–H groups in total. The van der Waals surface area contributed by atoms with Crippen LogP contribution in [0.1, 0.15) is 33.1 Å². The molecule has 0 fully saturated rings. The summed E-state index contributed by atoms with van der Waals surface area (Å²) in [5, 5.41) is 8.84. The highest BCUT2D eigenvalue weighted by atomic mass is 32.1. The fourth-order valence-corrected chi connectivity index (χ4v) is 2.22. The zero-order valence-electron chi connectivity index (χ0n) is 11.9. The summed E-state index contributed by atoms with van der Waals surface area (Å²) in [6.07, 6.45) is 0.832. The first kappa shape index (κ1) is 14.7. The van der Waals surface area contributed by atoms with Crippen molar-refractivity contribution >= 4 is 17.2 Å². The second kappa shape index (κ2) is 6.65. The number of hydrogen-bond donors (Lipinski definition) is 1. The number of amides is 1. The largest absolute Gasteiger partial charge is 0.353 e. The van der Waals surface area contributed by atoms with E-state index in [-0.39, 0.29) is 11.9 Å². The molecule has 0 aliphatic carbocycles. The number of nitrogens with zero attached hydrogens (tertiary/aromatic N) is 2. The van der Waals surface area contributed by atoms with E-state index in [1.807, 2.05) is 24.4 Å². The third-order valence-corrected chi connectivity index (χ3v) is 4.03.